The van der Waals surface area contributed by atoms with Crippen LogP contribution in [0.25, 0.3) is 0 Å². The molecule has 17 heavy (non-hydrogen) atoms. The second-order valence-corrected chi connectivity index (χ2v) is 5.72. The Hall–Kier alpha value is -0.900. The smallest absolute Gasteiger partial charge is 0.158 e. The lowest BCUT2D eigenvalue weighted by Gasteiger charge is -2.22. The Kier molecular flexibility index (Phi) is 2.90. The number of nitrogens with one attached hydrogen (secondary N) is 1. The number of aromatic amines is 1. The first-order chi connectivity index (χ1) is 8.34. The lowest BCUT2D eigenvalue weighted by atomic mass is 9.85. The largest absolute Gasteiger partial charge is 0.329 e. The van der Waals surface area contributed by atoms with E-state index in [1.54, 1.807) is 0 Å². The van der Waals surface area contributed by atoms with Gasteiger partial charge in [0.05, 0.1) is 0 Å². The van der Waals surface area contributed by atoms with Gasteiger partial charge < -0.3 is 5.73 Å². The van der Waals surface area contributed by atoms with E-state index >= 15 is 0 Å². The summed E-state index contributed by atoms with van der Waals surface area (Å²) in [5.41, 5.74) is 6.05. The molecule has 2 fully saturated rings. The van der Waals surface area contributed by atoms with Crippen LogP contribution in [0.5, 0.6) is 0 Å². The van der Waals surface area contributed by atoms with Crippen LogP contribution in [0.15, 0.2) is 0 Å². The molecule has 3 N–H and O–H groups in total. The van der Waals surface area contributed by atoms with E-state index in [2.05, 4.69) is 10.2 Å². The highest BCUT2D eigenvalue weighted by molar-refractivity contribution is 5.13. The van der Waals surface area contributed by atoms with Crippen LogP contribution in [-0.2, 0) is 5.41 Å². The van der Waals surface area contributed by atoms with E-state index in [4.69, 9.17) is 10.7 Å². The maximum Gasteiger partial charge on any atom is 0.158 e. The third-order valence-electron chi connectivity index (χ3n) is 4.67. The fraction of sp³-hybridized carbons (Fsp3) is 0.846. The Balaban J connectivity index is 1.83. The van der Waals surface area contributed by atoms with Gasteiger partial charge in [-0.15, -0.1) is 0 Å². The van der Waals surface area contributed by atoms with Crippen molar-refractivity contribution < 1.29 is 0 Å². The van der Waals surface area contributed by atoms with Crippen molar-refractivity contribution in [3.8, 4) is 0 Å². The molecule has 0 radical (unpaired) electrons. The first-order valence-electron chi connectivity index (χ1n) is 6.97. The van der Waals surface area contributed by atoms with E-state index in [9.17, 15) is 0 Å². The summed E-state index contributed by atoms with van der Waals surface area (Å²) in [6.07, 6.45) is 10.1. The number of rotatable bonds is 3. The molecule has 0 bridgehead atoms. The van der Waals surface area contributed by atoms with Gasteiger partial charge in [-0.25, -0.2) is 4.98 Å². The van der Waals surface area contributed by atoms with Gasteiger partial charge in [-0.05, 0) is 25.7 Å². The van der Waals surface area contributed by atoms with Crippen LogP contribution < -0.4 is 5.73 Å². The lowest BCUT2D eigenvalue weighted by Crippen LogP contribution is -2.33. The van der Waals surface area contributed by atoms with E-state index in [1.807, 2.05) is 0 Å². The van der Waals surface area contributed by atoms with Crippen molar-refractivity contribution in [2.24, 2.45) is 5.73 Å². The summed E-state index contributed by atoms with van der Waals surface area (Å²) in [4.78, 5) is 4.77. The predicted molar refractivity (Wildman–Crippen MR) is 66.8 cm³/mol. The van der Waals surface area contributed by atoms with Gasteiger partial charge in [0, 0.05) is 17.9 Å². The van der Waals surface area contributed by atoms with Gasteiger partial charge in [-0.3, -0.25) is 5.10 Å². The molecule has 0 aromatic carbocycles. The summed E-state index contributed by atoms with van der Waals surface area (Å²) in [6.45, 7) is 0.689. The number of nitrogens with two attached hydrogens (primary N) is 1. The maximum absolute atomic E-state index is 5.97. The maximum atomic E-state index is 5.97. The number of hydrogen-bond acceptors (Lipinski definition) is 3. The van der Waals surface area contributed by atoms with Crippen LogP contribution in [-0.4, -0.2) is 21.7 Å². The zero-order valence-corrected chi connectivity index (χ0v) is 10.4. The molecule has 0 aliphatic heterocycles. The molecule has 94 valence electrons. The fourth-order valence-corrected chi connectivity index (χ4v) is 3.46. The van der Waals surface area contributed by atoms with Gasteiger partial charge in [0.15, 0.2) is 5.82 Å². The molecule has 2 aliphatic rings. The number of H-pyrrole nitrogens is 1. The number of nitrogens with zero attached hydrogens (tertiary/aromatic N) is 2. The number of hydrogen-bond donors (Lipinski definition) is 2. The van der Waals surface area contributed by atoms with Gasteiger partial charge in [0.1, 0.15) is 5.82 Å². The Morgan fingerprint density at radius 2 is 1.88 bits per heavy atom. The minimum Gasteiger partial charge on any atom is -0.329 e. The predicted octanol–water partition coefficient (Wildman–Crippen LogP) is 2.23. The zero-order valence-electron chi connectivity index (χ0n) is 10.4. The quantitative estimate of drug-likeness (QED) is 0.842. The molecule has 1 aromatic heterocycles. The van der Waals surface area contributed by atoms with Crippen LogP contribution in [0.1, 0.15) is 68.9 Å². The summed E-state index contributed by atoms with van der Waals surface area (Å²) in [5.74, 6) is 2.71. The van der Waals surface area contributed by atoms with Crippen LogP contribution in [0, 0.1) is 0 Å². The molecule has 0 saturated heterocycles. The highest BCUT2D eigenvalue weighted by Crippen LogP contribution is 2.39. The molecule has 0 unspecified atom stereocenters. The van der Waals surface area contributed by atoms with E-state index < -0.39 is 0 Å². The SMILES string of the molecule is NCC1(c2n[nH]c(C3CCCC3)n2)CCCC1. The summed E-state index contributed by atoms with van der Waals surface area (Å²) >= 11 is 0. The molecule has 4 heteroatoms. The molecule has 2 saturated carbocycles. The molecule has 1 aromatic rings. The second kappa shape index (κ2) is 4.41. The average Bonchev–Trinajstić information content (AvgIpc) is 3.10. The summed E-state index contributed by atoms with van der Waals surface area (Å²) in [5, 5.41) is 7.64. The van der Waals surface area contributed by atoms with Gasteiger partial charge in [-0.2, -0.15) is 5.10 Å². The van der Waals surface area contributed by atoms with Crippen LogP contribution in [0.4, 0.5) is 0 Å². The third-order valence-corrected chi connectivity index (χ3v) is 4.67. The molecule has 0 amide bonds. The van der Waals surface area contributed by atoms with Crippen LogP contribution >= 0.6 is 0 Å². The Morgan fingerprint density at radius 1 is 1.18 bits per heavy atom. The van der Waals surface area contributed by atoms with Gasteiger partial charge in [0.25, 0.3) is 0 Å². The number of aromatic nitrogens is 3. The normalized spacial score (nSPS) is 24.5. The standard InChI is InChI=1S/C13H22N4/c14-9-13(7-3-4-8-13)12-15-11(16-17-12)10-5-1-2-6-10/h10H,1-9,14H2,(H,15,16,17). The van der Waals surface area contributed by atoms with Crippen molar-refractivity contribution in [3.05, 3.63) is 11.6 Å². The van der Waals surface area contributed by atoms with Crippen molar-refractivity contribution in [3.63, 3.8) is 0 Å². The molecule has 0 spiro atoms. The summed E-state index contributed by atoms with van der Waals surface area (Å²) in [7, 11) is 0. The van der Waals surface area contributed by atoms with E-state index in [0.29, 0.717) is 12.5 Å². The monoisotopic (exact) mass is 234 g/mol. The lowest BCUT2D eigenvalue weighted by molar-refractivity contribution is 0.425. The molecule has 2 aliphatic carbocycles. The highest BCUT2D eigenvalue weighted by atomic mass is 15.2. The van der Waals surface area contributed by atoms with Crippen molar-refractivity contribution >= 4 is 0 Å². The summed E-state index contributed by atoms with van der Waals surface area (Å²) < 4.78 is 0. The fourth-order valence-electron chi connectivity index (χ4n) is 3.46. The van der Waals surface area contributed by atoms with E-state index in [1.165, 1.54) is 38.5 Å². The minimum atomic E-state index is 0.0767. The van der Waals surface area contributed by atoms with Crippen molar-refractivity contribution in [2.45, 2.75) is 62.7 Å². The Bertz CT molecular complexity index is 373. The van der Waals surface area contributed by atoms with Gasteiger partial charge >= 0.3 is 0 Å². The molecule has 1 heterocycles. The highest BCUT2D eigenvalue weighted by Gasteiger charge is 2.38. The van der Waals surface area contributed by atoms with Crippen LogP contribution in [0.3, 0.4) is 0 Å². The van der Waals surface area contributed by atoms with Crippen molar-refractivity contribution in [1.29, 1.82) is 0 Å². The average molecular weight is 234 g/mol. The minimum absolute atomic E-state index is 0.0767. The van der Waals surface area contributed by atoms with Gasteiger partial charge in [0.2, 0.25) is 0 Å². The van der Waals surface area contributed by atoms with Crippen LogP contribution in [0.2, 0.25) is 0 Å². The Morgan fingerprint density at radius 3 is 2.53 bits per heavy atom. The first-order valence-corrected chi connectivity index (χ1v) is 6.97. The van der Waals surface area contributed by atoms with E-state index in [-0.39, 0.29) is 5.41 Å². The zero-order chi connectivity index (χ0) is 11.7. The van der Waals surface area contributed by atoms with Crippen molar-refractivity contribution in [2.75, 3.05) is 6.54 Å². The molecule has 0 atom stereocenters. The molecular weight excluding hydrogens is 212 g/mol. The summed E-state index contributed by atoms with van der Waals surface area (Å²) in [6, 6.07) is 0. The van der Waals surface area contributed by atoms with E-state index in [0.717, 1.165) is 24.5 Å². The molecule has 3 rings (SSSR count). The van der Waals surface area contributed by atoms with Gasteiger partial charge in [-0.1, -0.05) is 25.7 Å². The second-order valence-electron chi connectivity index (χ2n) is 5.72. The first kappa shape index (κ1) is 11.2. The third kappa shape index (κ3) is 1.88. The molecule has 4 nitrogen and oxygen atoms in total. The van der Waals surface area contributed by atoms with Crippen molar-refractivity contribution in [1.82, 2.24) is 15.2 Å². The Labute approximate surface area is 102 Å². The molecular formula is C13H22N4. The topological polar surface area (TPSA) is 67.6 Å².